The predicted molar refractivity (Wildman–Crippen MR) is 120 cm³/mol. The van der Waals surface area contributed by atoms with Gasteiger partial charge in [-0.25, -0.2) is 4.79 Å². The first-order chi connectivity index (χ1) is 14.0. The van der Waals surface area contributed by atoms with Crippen LogP contribution in [0.2, 0.25) is 5.02 Å². The maximum atomic E-state index is 12.7. The molecule has 2 aliphatic rings. The molecule has 2 N–H and O–H groups in total. The normalized spacial score (nSPS) is 20.6. The number of hydrogen-bond donors (Lipinski definition) is 2. The summed E-state index contributed by atoms with van der Waals surface area (Å²) < 4.78 is 0. The molecule has 0 spiro atoms. The molecule has 2 amide bonds. The van der Waals surface area contributed by atoms with E-state index in [1.54, 1.807) is 4.90 Å². The Morgan fingerprint density at radius 2 is 2.03 bits per heavy atom. The van der Waals surface area contributed by atoms with Crippen LogP contribution in [0, 0.1) is 10.8 Å². The number of hydrogen-bond acceptors (Lipinski definition) is 2. The third-order valence-corrected chi connectivity index (χ3v) is 6.53. The van der Waals surface area contributed by atoms with Crippen LogP contribution in [0.5, 0.6) is 0 Å². The number of benzene rings is 1. The number of carbonyl (C=O) groups is 2. The van der Waals surface area contributed by atoms with E-state index in [0.717, 1.165) is 41.8 Å². The number of nitrogens with one attached hydrogen (secondary N) is 1. The van der Waals surface area contributed by atoms with Crippen LogP contribution in [0.25, 0.3) is 0 Å². The van der Waals surface area contributed by atoms with Gasteiger partial charge < -0.3 is 15.3 Å². The minimum Gasteiger partial charge on any atom is -0.481 e. The number of rotatable bonds is 8. The third-order valence-electron chi connectivity index (χ3n) is 6.18. The lowest BCUT2D eigenvalue weighted by Crippen LogP contribution is -2.45. The molecular formula is C24H33ClN2O3. The number of amides is 2. The second-order valence-corrected chi connectivity index (χ2v) is 10.5. The fraction of sp³-hybridized carbons (Fsp3) is 0.583. The van der Waals surface area contributed by atoms with Crippen LogP contribution in [0.3, 0.4) is 0 Å². The van der Waals surface area contributed by atoms with Crippen molar-refractivity contribution < 1.29 is 14.7 Å². The Hall–Kier alpha value is -2.01. The maximum absolute atomic E-state index is 12.7. The fourth-order valence-corrected chi connectivity index (χ4v) is 4.13. The summed E-state index contributed by atoms with van der Waals surface area (Å²) in [6, 6.07) is 5.77. The van der Waals surface area contributed by atoms with Crippen LogP contribution in [0.4, 0.5) is 4.79 Å². The monoisotopic (exact) mass is 432 g/mol. The fourth-order valence-electron chi connectivity index (χ4n) is 3.85. The van der Waals surface area contributed by atoms with E-state index in [-0.39, 0.29) is 29.3 Å². The molecule has 1 atom stereocenters. The molecule has 1 saturated carbocycles. The quantitative estimate of drug-likeness (QED) is 0.534. The first-order valence-corrected chi connectivity index (χ1v) is 11.2. The van der Waals surface area contributed by atoms with E-state index in [1.807, 2.05) is 12.3 Å². The molecule has 1 aromatic carbocycles. The SMILES string of the molecule is CC(C)(C)CCc1ccc(C2NC(=O)N(CCCC(=O)O)C=C2C2(C)CC2)cc1Cl. The highest BCUT2D eigenvalue weighted by Gasteiger charge is 2.46. The van der Waals surface area contributed by atoms with Gasteiger partial charge in [0.05, 0.1) is 6.04 Å². The molecule has 1 aromatic rings. The van der Waals surface area contributed by atoms with E-state index in [9.17, 15) is 9.59 Å². The number of urea groups is 1. The maximum Gasteiger partial charge on any atom is 0.322 e. The average Bonchev–Trinajstić information content (AvgIpc) is 3.39. The average molecular weight is 433 g/mol. The Morgan fingerprint density at radius 1 is 1.33 bits per heavy atom. The topological polar surface area (TPSA) is 69.6 Å². The highest BCUT2D eigenvalue weighted by atomic mass is 35.5. The summed E-state index contributed by atoms with van der Waals surface area (Å²) >= 11 is 6.62. The minimum absolute atomic E-state index is 0.0548. The van der Waals surface area contributed by atoms with Gasteiger partial charge in [0, 0.05) is 24.2 Å². The Morgan fingerprint density at radius 3 is 2.60 bits per heavy atom. The van der Waals surface area contributed by atoms with Crippen molar-refractivity contribution in [2.45, 2.75) is 72.3 Å². The first kappa shape index (κ1) is 22.7. The zero-order valence-electron chi connectivity index (χ0n) is 18.4. The zero-order chi connectivity index (χ0) is 22.1. The molecule has 0 radical (unpaired) electrons. The van der Waals surface area contributed by atoms with Crippen LogP contribution in [-0.2, 0) is 11.2 Å². The Kier molecular flexibility index (Phi) is 6.51. The van der Waals surface area contributed by atoms with Crippen molar-refractivity contribution in [2.24, 2.45) is 10.8 Å². The van der Waals surface area contributed by atoms with Gasteiger partial charge >= 0.3 is 12.0 Å². The largest absolute Gasteiger partial charge is 0.481 e. The van der Waals surface area contributed by atoms with Gasteiger partial charge in [0.25, 0.3) is 0 Å². The van der Waals surface area contributed by atoms with Gasteiger partial charge in [-0.05, 0) is 65.7 Å². The summed E-state index contributed by atoms with van der Waals surface area (Å²) in [5.74, 6) is -0.843. The van der Waals surface area contributed by atoms with Crippen molar-refractivity contribution in [1.82, 2.24) is 10.2 Å². The van der Waals surface area contributed by atoms with Crippen LogP contribution in [0.1, 0.15) is 77.0 Å². The van der Waals surface area contributed by atoms with Gasteiger partial charge in [-0.3, -0.25) is 4.79 Å². The van der Waals surface area contributed by atoms with Gasteiger partial charge in [-0.1, -0.05) is 51.4 Å². The van der Waals surface area contributed by atoms with E-state index in [0.29, 0.717) is 13.0 Å². The molecule has 1 heterocycles. The molecule has 30 heavy (non-hydrogen) atoms. The molecule has 0 saturated heterocycles. The van der Waals surface area contributed by atoms with Gasteiger partial charge in [0.15, 0.2) is 0 Å². The molecule has 1 aliphatic carbocycles. The number of aryl methyl sites for hydroxylation is 1. The molecule has 6 heteroatoms. The molecule has 1 aliphatic heterocycles. The summed E-state index contributed by atoms with van der Waals surface area (Å²) in [6.45, 7) is 9.29. The number of carboxylic acid groups (broad SMARTS) is 1. The Labute approximate surface area is 184 Å². The van der Waals surface area contributed by atoms with Crippen molar-refractivity contribution >= 4 is 23.6 Å². The summed E-state index contributed by atoms with van der Waals surface area (Å²) in [4.78, 5) is 25.1. The molecule has 164 valence electrons. The number of aliphatic carboxylic acids is 1. The Bertz CT molecular complexity index is 852. The molecule has 0 bridgehead atoms. The van der Waals surface area contributed by atoms with E-state index in [2.05, 4.69) is 45.1 Å². The van der Waals surface area contributed by atoms with Gasteiger partial charge in [-0.2, -0.15) is 0 Å². The molecule has 1 unspecified atom stereocenters. The molecular weight excluding hydrogens is 400 g/mol. The van der Waals surface area contributed by atoms with Crippen molar-refractivity contribution in [3.63, 3.8) is 0 Å². The number of halogens is 1. The van der Waals surface area contributed by atoms with Crippen LogP contribution in [0.15, 0.2) is 30.0 Å². The lowest BCUT2D eigenvalue weighted by atomic mass is 9.85. The molecule has 0 aromatic heterocycles. The van der Waals surface area contributed by atoms with E-state index < -0.39 is 5.97 Å². The lowest BCUT2D eigenvalue weighted by Gasteiger charge is -2.35. The molecule has 5 nitrogen and oxygen atoms in total. The zero-order valence-corrected chi connectivity index (χ0v) is 19.2. The number of carboxylic acids is 1. The number of carbonyl (C=O) groups excluding carboxylic acids is 1. The summed E-state index contributed by atoms with van der Waals surface area (Å²) in [6.07, 6.45) is 6.59. The van der Waals surface area contributed by atoms with Crippen molar-refractivity contribution in [3.05, 3.63) is 46.1 Å². The summed E-state index contributed by atoms with van der Waals surface area (Å²) in [5, 5.41) is 12.8. The van der Waals surface area contributed by atoms with E-state index in [4.69, 9.17) is 16.7 Å². The third kappa shape index (κ3) is 5.57. The van der Waals surface area contributed by atoms with Crippen molar-refractivity contribution in [3.8, 4) is 0 Å². The van der Waals surface area contributed by atoms with E-state index in [1.165, 1.54) is 5.57 Å². The van der Waals surface area contributed by atoms with Crippen LogP contribution >= 0.6 is 11.6 Å². The van der Waals surface area contributed by atoms with Crippen molar-refractivity contribution in [2.75, 3.05) is 6.54 Å². The summed E-state index contributed by atoms with van der Waals surface area (Å²) in [7, 11) is 0. The Balaban J connectivity index is 1.81. The van der Waals surface area contributed by atoms with Gasteiger partial charge in [0.2, 0.25) is 0 Å². The highest BCUT2D eigenvalue weighted by molar-refractivity contribution is 6.31. The molecule has 1 fully saturated rings. The summed E-state index contributed by atoms with van der Waals surface area (Å²) in [5.41, 5.74) is 3.63. The smallest absolute Gasteiger partial charge is 0.322 e. The second-order valence-electron chi connectivity index (χ2n) is 10.1. The molecule has 3 rings (SSSR count). The minimum atomic E-state index is -0.843. The van der Waals surface area contributed by atoms with Crippen molar-refractivity contribution in [1.29, 1.82) is 0 Å². The predicted octanol–water partition coefficient (Wildman–Crippen LogP) is 5.93. The lowest BCUT2D eigenvalue weighted by molar-refractivity contribution is -0.137. The van der Waals surface area contributed by atoms with Gasteiger partial charge in [-0.15, -0.1) is 0 Å². The first-order valence-electron chi connectivity index (χ1n) is 10.8. The van der Waals surface area contributed by atoms with Gasteiger partial charge in [0.1, 0.15) is 0 Å². The second kappa shape index (κ2) is 8.62. The van der Waals surface area contributed by atoms with Crippen LogP contribution in [-0.4, -0.2) is 28.6 Å². The van der Waals surface area contributed by atoms with Crippen LogP contribution < -0.4 is 5.32 Å². The number of nitrogens with zero attached hydrogens (tertiary/aromatic N) is 1. The highest BCUT2D eigenvalue weighted by Crippen LogP contribution is 2.56. The van der Waals surface area contributed by atoms with E-state index >= 15 is 0 Å². The standard InChI is InChI=1S/C24H33ClN2O3/c1-23(2,3)10-9-16-7-8-17(14-19(16)25)21-18(24(4)11-12-24)15-27(22(30)26-21)13-5-6-20(28)29/h7-8,14-15,21H,5-6,9-13H2,1-4H3,(H,26,30)(H,28,29).